The van der Waals surface area contributed by atoms with Crippen LogP contribution in [-0.4, -0.2) is 22.4 Å². The van der Waals surface area contributed by atoms with Crippen LogP contribution in [0.2, 0.25) is 0 Å². The fraction of sp³-hybridized carbons (Fsp3) is 0.571. The van der Waals surface area contributed by atoms with Crippen molar-refractivity contribution in [2.75, 3.05) is 0 Å². The zero-order chi connectivity index (χ0) is 12.3. The second-order valence-electron chi connectivity index (χ2n) is 5.00. The molecule has 1 saturated carbocycles. The maximum Gasteiger partial charge on any atom is 0.115 e. The average molecular weight is 235 g/mol. The number of phenols is 1. The van der Waals surface area contributed by atoms with Gasteiger partial charge in [-0.25, -0.2) is 0 Å². The molecule has 0 radical (unpaired) electrons. The topological polar surface area (TPSA) is 52.5 Å². The van der Waals surface area contributed by atoms with Crippen LogP contribution in [0.15, 0.2) is 24.3 Å². The van der Waals surface area contributed by atoms with Crippen LogP contribution in [0, 0.1) is 0 Å². The van der Waals surface area contributed by atoms with E-state index in [4.69, 9.17) is 0 Å². The van der Waals surface area contributed by atoms with Gasteiger partial charge in [0.25, 0.3) is 0 Å². The smallest absolute Gasteiger partial charge is 0.115 e. The minimum Gasteiger partial charge on any atom is -0.508 e. The molecule has 1 aliphatic rings. The third-order valence-electron chi connectivity index (χ3n) is 3.50. The molecule has 1 aromatic carbocycles. The Hall–Kier alpha value is -1.06. The van der Waals surface area contributed by atoms with Gasteiger partial charge in [-0.2, -0.15) is 0 Å². The van der Waals surface area contributed by atoms with Gasteiger partial charge in [0.15, 0.2) is 0 Å². The Bertz CT molecular complexity index is 367. The van der Waals surface area contributed by atoms with Crippen LogP contribution in [-0.2, 0) is 0 Å². The molecule has 0 saturated heterocycles. The van der Waals surface area contributed by atoms with Crippen LogP contribution in [0.3, 0.4) is 0 Å². The maximum absolute atomic E-state index is 9.63. The highest BCUT2D eigenvalue weighted by atomic mass is 16.3. The zero-order valence-electron chi connectivity index (χ0n) is 10.3. The van der Waals surface area contributed by atoms with E-state index in [2.05, 4.69) is 12.2 Å². The SMILES string of the molecule is CC(NC1CCCC(O)C1)c1cccc(O)c1. The summed E-state index contributed by atoms with van der Waals surface area (Å²) in [5, 5.41) is 22.6. The molecule has 3 atom stereocenters. The quantitative estimate of drug-likeness (QED) is 0.753. The summed E-state index contributed by atoms with van der Waals surface area (Å²) in [6.45, 7) is 2.09. The third-order valence-corrected chi connectivity index (χ3v) is 3.50. The zero-order valence-corrected chi connectivity index (χ0v) is 10.3. The van der Waals surface area contributed by atoms with E-state index in [9.17, 15) is 10.2 Å². The van der Waals surface area contributed by atoms with Crippen molar-refractivity contribution >= 4 is 0 Å². The first-order valence-electron chi connectivity index (χ1n) is 6.38. The molecular formula is C14H21NO2. The monoisotopic (exact) mass is 235 g/mol. The molecule has 2 rings (SSSR count). The summed E-state index contributed by atoms with van der Waals surface area (Å²) in [5.74, 6) is 0.305. The molecule has 0 aromatic heterocycles. The summed E-state index contributed by atoms with van der Waals surface area (Å²) in [4.78, 5) is 0. The highest BCUT2D eigenvalue weighted by molar-refractivity contribution is 5.29. The van der Waals surface area contributed by atoms with Crippen molar-refractivity contribution in [3.8, 4) is 5.75 Å². The summed E-state index contributed by atoms with van der Waals surface area (Å²) in [5.41, 5.74) is 1.09. The van der Waals surface area contributed by atoms with Gasteiger partial charge in [0.2, 0.25) is 0 Å². The summed E-state index contributed by atoms with van der Waals surface area (Å²) in [6, 6.07) is 7.93. The molecule has 3 N–H and O–H groups in total. The van der Waals surface area contributed by atoms with E-state index in [0.29, 0.717) is 11.8 Å². The number of nitrogens with one attached hydrogen (secondary N) is 1. The highest BCUT2D eigenvalue weighted by Crippen LogP contribution is 2.23. The predicted octanol–water partition coefficient (Wildman–Crippen LogP) is 2.35. The molecule has 3 heteroatoms. The molecule has 1 aromatic rings. The summed E-state index contributed by atoms with van der Waals surface area (Å²) in [6.07, 6.45) is 3.82. The van der Waals surface area contributed by atoms with Crippen LogP contribution in [0.4, 0.5) is 0 Å². The van der Waals surface area contributed by atoms with E-state index >= 15 is 0 Å². The Labute approximate surface area is 102 Å². The van der Waals surface area contributed by atoms with E-state index in [-0.39, 0.29) is 12.1 Å². The van der Waals surface area contributed by atoms with E-state index in [1.165, 1.54) is 0 Å². The Kier molecular flexibility index (Phi) is 4.02. The number of aromatic hydroxyl groups is 1. The van der Waals surface area contributed by atoms with Crippen molar-refractivity contribution in [3.63, 3.8) is 0 Å². The summed E-state index contributed by atoms with van der Waals surface area (Å²) in [7, 11) is 0. The van der Waals surface area contributed by atoms with Crippen LogP contribution < -0.4 is 5.32 Å². The number of hydrogen-bond acceptors (Lipinski definition) is 3. The van der Waals surface area contributed by atoms with Crippen molar-refractivity contribution in [2.45, 2.75) is 50.8 Å². The Balaban J connectivity index is 1.94. The predicted molar refractivity (Wildman–Crippen MR) is 67.9 cm³/mol. The van der Waals surface area contributed by atoms with Gasteiger partial charge >= 0.3 is 0 Å². The van der Waals surface area contributed by atoms with E-state index in [1.54, 1.807) is 12.1 Å². The Morgan fingerprint density at radius 1 is 1.35 bits per heavy atom. The van der Waals surface area contributed by atoms with Gasteiger partial charge in [0.05, 0.1) is 6.10 Å². The van der Waals surface area contributed by atoms with E-state index in [1.807, 2.05) is 12.1 Å². The fourth-order valence-electron chi connectivity index (χ4n) is 2.56. The fourth-order valence-corrected chi connectivity index (χ4v) is 2.56. The molecule has 3 unspecified atom stereocenters. The lowest BCUT2D eigenvalue weighted by molar-refractivity contribution is 0.109. The van der Waals surface area contributed by atoms with Gasteiger partial charge in [-0.1, -0.05) is 12.1 Å². The Morgan fingerprint density at radius 2 is 2.18 bits per heavy atom. The molecule has 1 aliphatic carbocycles. The first kappa shape index (κ1) is 12.4. The summed E-state index contributed by atoms with van der Waals surface area (Å²) < 4.78 is 0. The first-order valence-corrected chi connectivity index (χ1v) is 6.38. The van der Waals surface area contributed by atoms with Gasteiger partial charge < -0.3 is 15.5 Å². The lowest BCUT2D eigenvalue weighted by Crippen LogP contribution is -2.37. The Morgan fingerprint density at radius 3 is 2.88 bits per heavy atom. The number of aliphatic hydroxyl groups is 1. The van der Waals surface area contributed by atoms with Crippen molar-refractivity contribution in [1.82, 2.24) is 5.32 Å². The van der Waals surface area contributed by atoms with Gasteiger partial charge in [0.1, 0.15) is 5.75 Å². The van der Waals surface area contributed by atoms with Gasteiger partial charge in [-0.15, -0.1) is 0 Å². The van der Waals surface area contributed by atoms with Gasteiger partial charge in [-0.05, 0) is 50.3 Å². The number of hydrogen-bond donors (Lipinski definition) is 3. The van der Waals surface area contributed by atoms with Crippen LogP contribution in [0.5, 0.6) is 5.75 Å². The number of aliphatic hydroxyl groups excluding tert-OH is 1. The molecule has 94 valence electrons. The third kappa shape index (κ3) is 3.45. The molecule has 0 aliphatic heterocycles. The molecule has 1 fully saturated rings. The second-order valence-corrected chi connectivity index (χ2v) is 5.00. The maximum atomic E-state index is 9.63. The number of benzene rings is 1. The van der Waals surface area contributed by atoms with Crippen molar-refractivity contribution in [1.29, 1.82) is 0 Å². The minimum absolute atomic E-state index is 0.155. The average Bonchev–Trinajstić information content (AvgIpc) is 2.29. The van der Waals surface area contributed by atoms with E-state index < -0.39 is 0 Å². The standard InChI is InChI=1S/C14H21NO2/c1-10(11-4-2-6-13(16)8-11)15-12-5-3-7-14(17)9-12/h2,4,6,8,10,12,14-17H,3,5,7,9H2,1H3. The first-order chi connectivity index (χ1) is 8.15. The largest absolute Gasteiger partial charge is 0.508 e. The van der Waals surface area contributed by atoms with Crippen LogP contribution in [0.1, 0.15) is 44.2 Å². The molecule has 17 heavy (non-hydrogen) atoms. The lowest BCUT2D eigenvalue weighted by Gasteiger charge is -2.29. The minimum atomic E-state index is -0.155. The number of phenolic OH excluding ortho intramolecular Hbond substituents is 1. The lowest BCUT2D eigenvalue weighted by atomic mass is 9.92. The highest BCUT2D eigenvalue weighted by Gasteiger charge is 2.21. The van der Waals surface area contributed by atoms with Crippen molar-refractivity contribution < 1.29 is 10.2 Å². The number of rotatable bonds is 3. The van der Waals surface area contributed by atoms with Crippen LogP contribution >= 0.6 is 0 Å². The normalized spacial score (nSPS) is 26.7. The van der Waals surface area contributed by atoms with E-state index in [0.717, 1.165) is 31.2 Å². The molecule has 0 bridgehead atoms. The van der Waals surface area contributed by atoms with Gasteiger partial charge in [0, 0.05) is 12.1 Å². The molecule has 0 amide bonds. The second kappa shape index (κ2) is 5.52. The molecule has 0 heterocycles. The van der Waals surface area contributed by atoms with Crippen LogP contribution in [0.25, 0.3) is 0 Å². The van der Waals surface area contributed by atoms with Crippen molar-refractivity contribution in [2.24, 2.45) is 0 Å². The molecule has 3 nitrogen and oxygen atoms in total. The summed E-state index contributed by atoms with van der Waals surface area (Å²) >= 11 is 0. The molecular weight excluding hydrogens is 214 g/mol. The van der Waals surface area contributed by atoms with Crippen molar-refractivity contribution in [3.05, 3.63) is 29.8 Å². The van der Waals surface area contributed by atoms with Gasteiger partial charge in [-0.3, -0.25) is 0 Å². The molecule has 0 spiro atoms.